The molecule has 5 heteroatoms. The first-order chi connectivity index (χ1) is 13.1. The Bertz CT molecular complexity index is 718. The normalized spacial score (nSPS) is 22.1. The Morgan fingerprint density at radius 1 is 0.926 bits per heavy atom. The quantitative estimate of drug-likeness (QED) is 0.830. The first kappa shape index (κ1) is 18.7. The van der Waals surface area contributed by atoms with Crippen molar-refractivity contribution in [2.45, 2.75) is 37.9 Å². The van der Waals surface area contributed by atoms with E-state index in [0.29, 0.717) is 5.54 Å². The summed E-state index contributed by atoms with van der Waals surface area (Å²) >= 11 is 0. The molecule has 0 N–H and O–H groups in total. The third-order valence-electron chi connectivity index (χ3n) is 6.62. The molecule has 0 unspecified atom stereocenters. The molecule has 1 aromatic carbocycles. The van der Waals surface area contributed by atoms with Crippen molar-refractivity contribution >= 4 is 0 Å². The number of nitrogens with zero attached hydrogens (tertiary/aromatic N) is 5. The van der Waals surface area contributed by atoms with Gasteiger partial charge in [-0.3, -0.25) is 14.5 Å². The Balaban J connectivity index is 1.50. The lowest BCUT2D eigenvalue weighted by Crippen LogP contribution is -2.57. The van der Waals surface area contributed by atoms with Gasteiger partial charge in [-0.15, -0.1) is 0 Å². The maximum absolute atomic E-state index is 4.39. The van der Waals surface area contributed by atoms with Crippen LogP contribution in [0, 0.1) is 0 Å². The molecule has 4 rings (SSSR count). The summed E-state index contributed by atoms with van der Waals surface area (Å²) in [5, 5.41) is 4.39. The van der Waals surface area contributed by atoms with E-state index in [9.17, 15) is 0 Å². The highest BCUT2D eigenvalue weighted by atomic mass is 15.3. The smallest absolute Gasteiger partial charge is 0.0662 e. The van der Waals surface area contributed by atoms with E-state index in [1.54, 1.807) is 0 Å². The highest BCUT2D eigenvalue weighted by Crippen LogP contribution is 2.31. The SMILES string of the molecule is CN1CCC2(CC1)CN(Cc1ccccc1Cn1cccn1)CCCN2C. The van der Waals surface area contributed by atoms with Crippen LogP contribution in [0.15, 0.2) is 42.7 Å². The van der Waals surface area contributed by atoms with E-state index in [1.165, 1.54) is 63.1 Å². The van der Waals surface area contributed by atoms with Crippen molar-refractivity contribution in [2.24, 2.45) is 0 Å². The van der Waals surface area contributed by atoms with Crippen LogP contribution in [-0.2, 0) is 13.1 Å². The van der Waals surface area contributed by atoms with E-state index >= 15 is 0 Å². The number of rotatable bonds is 4. The predicted octanol–water partition coefficient (Wildman–Crippen LogP) is 2.53. The number of likely N-dealkylation sites (N-methyl/N-ethyl adjacent to an activating group) is 1. The Morgan fingerprint density at radius 2 is 1.67 bits per heavy atom. The molecule has 0 aliphatic carbocycles. The van der Waals surface area contributed by atoms with E-state index in [2.05, 4.69) is 58.2 Å². The van der Waals surface area contributed by atoms with Crippen LogP contribution < -0.4 is 0 Å². The van der Waals surface area contributed by atoms with E-state index < -0.39 is 0 Å². The van der Waals surface area contributed by atoms with Crippen LogP contribution in [0.5, 0.6) is 0 Å². The van der Waals surface area contributed by atoms with Gasteiger partial charge in [0.1, 0.15) is 0 Å². The van der Waals surface area contributed by atoms with Crippen molar-refractivity contribution in [3.63, 3.8) is 0 Å². The molecule has 146 valence electrons. The van der Waals surface area contributed by atoms with Gasteiger partial charge in [-0.1, -0.05) is 24.3 Å². The minimum absolute atomic E-state index is 0.347. The maximum atomic E-state index is 4.39. The van der Waals surface area contributed by atoms with Crippen LogP contribution in [0.4, 0.5) is 0 Å². The minimum atomic E-state index is 0.347. The molecule has 3 heterocycles. The van der Waals surface area contributed by atoms with Gasteiger partial charge in [-0.25, -0.2) is 0 Å². The van der Waals surface area contributed by atoms with Crippen LogP contribution in [0.3, 0.4) is 0 Å². The molecule has 1 spiro atoms. The van der Waals surface area contributed by atoms with Crippen molar-refractivity contribution in [3.8, 4) is 0 Å². The number of likely N-dealkylation sites (tertiary alicyclic amines) is 1. The molecule has 5 nitrogen and oxygen atoms in total. The number of hydrogen-bond donors (Lipinski definition) is 0. The first-order valence-electron chi connectivity index (χ1n) is 10.3. The summed E-state index contributed by atoms with van der Waals surface area (Å²) in [7, 11) is 4.60. The summed E-state index contributed by atoms with van der Waals surface area (Å²) in [6.45, 7) is 7.93. The zero-order chi connectivity index (χ0) is 18.7. The van der Waals surface area contributed by atoms with Crippen LogP contribution >= 0.6 is 0 Å². The average Bonchev–Trinajstić information content (AvgIpc) is 3.13. The summed E-state index contributed by atoms with van der Waals surface area (Å²) < 4.78 is 2.02. The molecule has 2 fully saturated rings. The van der Waals surface area contributed by atoms with Gasteiger partial charge < -0.3 is 4.90 Å². The molecular weight excluding hydrogens is 334 g/mol. The van der Waals surface area contributed by atoms with E-state index in [-0.39, 0.29) is 0 Å². The maximum Gasteiger partial charge on any atom is 0.0662 e. The second-order valence-corrected chi connectivity index (χ2v) is 8.49. The molecule has 27 heavy (non-hydrogen) atoms. The molecule has 0 radical (unpaired) electrons. The molecule has 0 atom stereocenters. The van der Waals surface area contributed by atoms with Crippen molar-refractivity contribution in [1.82, 2.24) is 24.5 Å². The topological polar surface area (TPSA) is 27.5 Å². The molecule has 0 bridgehead atoms. The fraction of sp³-hybridized carbons (Fsp3) is 0.591. The summed E-state index contributed by atoms with van der Waals surface area (Å²) in [5.74, 6) is 0. The van der Waals surface area contributed by atoms with Crippen molar-refractivity contribution in [3.05, 3.63) is 53.9 Å². The van der Waals surface area contributed by atoms with E-state index in [0.717, 1.165) is 13.1 Å². The fourth-order valence-electron chi connectivity index (χ4n) is 4.77. The fourth-order valence-corrected chi connectivity index (χ4v) is 4.77. The van der Waals surface area contributed by atoms with Crippen LogP contribution in [-0.4, -0.2) is 76.8 Å². The Kier molecular flexibility index (Phi) is 5.62. The third-order valence-corrected chi connectivity index (χ3v) is 6.62. The molecule has 0 saturated carbocycles. The summed E-state index contributed by atoms with van der Waals surface area (Å²) in [4.78, 5) is 7.85. The van der Waals surface area contributed by atoms with E-state index in [4.69, 9.17) is 0 Å². The second-order valence-electron chi connectivity index (χ2n) is 8.49. The van der Waals surface area contributed by atoms with E-state index in [1.807, 2.05) is 23.1 Å². The van der Waals surface area contributed by atoms with Gasteiger partial charge in [0.2, 0.25) is 0 Å². The molecule has 2 aliphatic rings. The van der Waals surface area contributed by atoms with Crippen LogP contribution in [0.2, 0.25) is 0 Å². The molecule has 2 aromatic rings. The predicted molar refractivity (Wildman–Crippen MR) is 110 cm³/mol. The largest absolute Gasteiger partial charge is 0.306 e. The standard InChI is InChI=1S/C22H33N5/c1-24-15-9-22(10-16-24)19-26(13-6-12-25(22)2)17-20-7-3-4-8-21(20)18-27-14-5-11-23-27/h3-5,7-8,11,14H,6,9-10,12-13,15-19H2,1-2H3. The van der Waals surface area contributed by atoms with Crippen molar-refractivity contribution in [2.75, 3.05) is 46.8 Å². The Labute approximate surface area is 163 Å². The molecule has 1 aromatic heterocycles. The lowest BCUT2D eigenvalue weighted by atomic mass is 9.85. The third kappa shape index (κ3) is 4.26. The number of benzene rings is 1. The van der Waals surface area contributed by atoms with Crippen molar-refractivity contribution < 1.29 is 0 Å². The van der Waals surface area contributed by atoms with Crippen LogP contribution in [0.25, 0.3) is 0 Å². The van der Waals surface area contributed by atoms with Crippen LogP contribution in [0.1, 0.15) is 30.4 Å². The number of piperidine rings is 1. The number of hydrogen-bond acceptors (Lipinski definition) is 4. The summed E-state index contributed by atoms with van der Waals surface area (Å²) in [5.41, 5.74) is 3.18. The minimum Gasteiger partial charge on any atom is -0.306 e. The van der Waals surface area contributed by atoms with Gasteiger partial charge in [0.25, 0.3) is 0 Å². The summed E-state index contributed by atoms with van der Waals surface area (Å²) in [6, 6.07) is 10.9. The number of aromatic nitrogens is 2. The molecular formula is C22H33N5. The van der Waals surface area contributed by atoms with Gasteiger partial charge in [-0.2, -0.15) is 5.10 Å². The van der Waals surface area contributed by atoms with Gasteiger partial charge in [-0.05, 0) is 76.7 Å². The average molecular weight is 368 g/mol. The Morgan fingerprint density at radius 3 is 2.37 bits per heavy atom. The second kappa shape index (κ2) is 8.13. The zero-order valence-electron chi connectivity index (χ0n) is 16.8. The lowest BCUT2D eigenvalue weighted by Gasteiger charge is -2.47. The van der Waals surface area contributed by atoms with Crippen molar-refractivity contribution in [1.29, 1.82) is 0 Å². The monoisotopic (exact) mass is 367 g/mol. The van der Waals surface area contributed by atoms with Gasteiger partial charge in [0.15, 0.2) is 0 Å². The van der Waals surface area contributed by atoms with Gasteiger partial charge in [0.05, 0.1) is 6.54 Å². The molecule has 2 aliphatic heterocycles. The highest BCUT2D eigenvalue weighted by Gasteiger charge is 2.40. The highest BCUT2D eigenvalue weighted by molar-refractivity contribution is 5.27. The lowest BCUT2D eigenvalue weighted by molar-refractivity contribution is 0.0336. The Hall–Kier alpha value is -1.69. The van der Waals surface area contributed by atoms with Gasteiger partial charge >= 0.3 is 0 Å². The summed E-state index contributed by atoms with van der Waals surface area (Å²) in [6.07, 6.45) is 7.73. The molecule has 2 saturated heterocycles. The molecule has 0 amide bonds. The van der Waals surface area contributed by atoms with Gasteiger partial charge in [0, 0.05) is 31.0 Å². The zero-order valence-corrected chi connectivity index (χ0v) is 16.8. The first-order valence-corrected chi connectivity index (χ1v) is 10.3.